The number of nitrogens with one attached hydrogen (secondary N) is 3. The summed E-state index contributed by atoms with van der Waals surface area (Å²) in [5.41, 5.74) is 8.57. The van der Waals surface area contributed by atoms with Gasteiger partial charge in [-0.05, 0) is 48.4 Å². The fourth-order valence-corrected chi connectivity index (χ4v) is 5.32. The molecule has 0 saturated heterocycles. The Bertz CT molecular complexity index is 1640. The Kier molecular flexibility index (Phi) is 4.92. The predicted molar refractivity (Wildman–Crippen MR) is 141 cm³/mol. The molecule has 168 valence electrons. The van der Waals surface area contributed by atoms with Gasteiger partial charge in [0.05, 0.1) is 22.6 Å². The number of H-pyrrole nitrogens is 2. The van der Waals surface area contributed by atoms with E-state index in [0.717, 1.165) is 44.9 Å². The summed E-state index contributed by atoms with van der Waals surface area (Å²) in [5.74, 6) is 0.527. The van der Waals surface area contributed by atoms with Crippen molar-refractivity contribution >= 4 is 39.0 Å². The Labute approximate surface area is 201 Å². The van der Waals surface area contributed by atoms with Crippen molar-refractivity contribution in [2.45, 2.75) is 19.8 Å². The first-order valence-electron chi connectivity index (χ1n) is 11.3. The maximum absolute atomic E-state index is 4.95. The van der Waals surface area contributed by atoms with Crippen LogP contribution in [0.4, 0.5) is 5.69 Å². The second-order valence-corrected chi connectivity index (χ2v) is 9.80. The standard InChI is InChI=1S/C27H24N6S/c1-15(2)24-9-10-25(34-24)18-5-4-6-21-19(18)12-23(30-21)27-26-22(32-33-27)8-7-20(31-26)16-11-17(28-3)14-29-13-16/h4-15,28,30H,1-3H3,(H,32,33). The lowest BCUT2D eigenvalue weighted by molar-refractivity contribution is 0.890. The molecule has 0 amide bonds. The molecule has 34 heavy (non-hydrogen) atoms. The molecule has 5 heterocycles. The second-order valence-electron chi connectivity index (χ2n) is 8.68. The lowest BCUT2D eigenvalue weighted by atomic mass is 10.1. The number of fused-ring (bicyclic) bond motifs is 2. The van der Waals surface area contributed by atoms with E-state index in [9.17, 15) is 0 Å². The number of hydrogen-bond donors (Lipinski definition) is 3. The molecule has 7 heteroatoms. The van der Waals surface area contributed by atoms with E-state index in [1.807, 2.05) is 42.8 Å². The fourth-order valence-electron chi connectivity index (χ4n) is 4.27. The van der Waals surface area contributed by atoms with Crippen LogP contribution in [0.5, 0.6) is 0 Å². The molecule has 0 saturated carbocycles. The summed E-state index contributed by atoms with van der Waals surface area (Å²) in [6.07, 6.45) is 3.63. The van der Waals surface area contributed by atoms with E-state index < -0.39 is 0 Å². The van der Waals surface area contributed by atoms with Crippen LogP contribution in [0.3, 0.4) is 0 Å². The average Bonchev–Trinajstić information content (AvgIpc) is 3.61. The minimum absolute atomic E-state index is 0.527. The van der Waals surface area contributed by atoms with Crippen molar-refractivity contribution in [3.8, 4) is 33.1 Å². The summed E-state index contributed by atoms with van der Waals surface area (Å²) >= 11 is 1.86. The van der Waals surface area contributed by atoms with Crippen LogP contribution in [0.2, 0.25) is 0 Å². The SMILES string of the molecule is CNc1cncc(-c2ccc3[nH]nc(-c4cc5c(-c6ccc(C(C)C)s6)cccc5[nH]4)c3n2)c1. The van der Waals surface area contributed by atoms with E-state index in [4.69, 9.17) is 4.98 Å². The Morgan fingerprint density at radius 2 is 1.88 bits per heavy atom. The van der Waals surface area contributed by atoms with Crippen molar-refractivity contribution in [2.75, 3.05) is 12.4 Å². The van der Waals surface area contributed by atoms with Gasteiger partial charge < -0.3 is 10.3 Å². The van der Waals surface area contributed by atoms with Crippen LogP contribution in [0.15, 0.2) is 67.0 Å². The molecular weight excluding hydrogens is 440 g/mol. The number of thiophene rings is 1. The third kappa shape index (κ3) is 3.45. The Balaban J connectivity index is 1.46. The van der Waals surface area contributed by atoms with E-state index in [1.54, 1.807) is 6.20 Å². The molecule has 5 aromatic heterocycles. The third-order valence-electron chi connectivity index (χ3n) is 6.11. The third-order valence-corrected chi connectivity index (χ3v) is 7.53. The van der Waals surface area contributed by atoms with Gasteiger partial charge >= 0.3 is 0 Å². The Morgan fingerprint density at radius 3 is 2.71 bits per heavy atom. The molecule has 0 fully saturated rings. The van der Waals surface area contributed by atoms with Crippen molar-refractivity contribution < 1.29 is 0 Å². The molecule has 0 aliphatic heterocycles. The smallest absolute Gasteiger partial charge is 0.135 e. The van der Waals surface area contributed by atoms with Crippen LogP contribution in [-0.2, 0) is 0 Å². The van der Waals surface area contributed by atoms with Gasteiger partial charge in [0, 0.05) is 51.2 Å². The van der Waals surface area contributed by atoms with Crippen LogP contribution in [0.25, 0.3) is 55.0 Å². The minimum Gasteiger partial charge on any atom is -0.387 e. The largest absolute Gasteiger partial charge is 0.387 e. The molecule has 0 aliphatic rings. The number of pyridine rings is 2. The summed E-state index contributed by atoms with van der Waals surface area (Å²) in [4.78, 5) is 15.5. The van der Waals surface area contributed by atoms with Crippen LogP contribution < -0.4 is 5.32 Å². The number of nitrogens with zero attached hydrogens (tertiary/aromatic N) is 3. The molecule has 3 N–H and O–H groups in total. The number of rotatable bonds is 5. The highest BCUT2D eigenvalue weighted by Gasteiger charge is 2.16. The van der Waals surface area contributed by atoms with Gasteiger partial charge in [-0.1, -0.05) is 26.0 Å². The topological polar surface area (TPSA) is 82.3 Å². The number of benzene rings is 1. The van der Waals surface area contributed by atoms with Gasteiger partial charge in [-0.2, -0.15) is 5.10 Å². The van der Waals surface area contributed by atoms with E-state index >= 15 is 0 Å². The van der Waals surface area contributed by atoms with Gasteiger partial charge in [-0.15, -0.1) is 11.3 Å². The van der Waals surface area contributed by atoms with Crippen LogP contribution in [-0.4, -0.2) is 32.2 Å². The summed E-state index contributed by atoms with van der Waals surface area (Å²) in [6, 6.07) is 19.1. The predicted octanol–water partition coefficient (Wildman–Crippen LogP) is 7.06. The summed E-state index contributed by atoms with van der Waals surface area (Å²) in [5, 5.41) is 12.1. The second kappa shape index (κ2) is 8.11. The zero-order valence-corrected chi connectivity index (χ0v) is 20.0. The summed E-state index contributed by atoms with van der Waals surface area (Å²) in [7, 11) is 1.88. The van der Waals surface area contributed by atoms with Crippen molar-refractivity contribution in [3.05, 3.63) is 71.9 Å². The van der Waals surface area contributed by atoms with Crippen molar-refractivity contribution in [3.63, 3.8) is 0 Å². The molecule has 6 nitrogen and oxygen atoms in total. The average molecular weight is 465 g/mol. The number of aromatic nitrogens is 5. The maximum Gasteiger partial charge on any atom is 0.135 e. The lowest BCUT2D eigenvalue weighted by Crippen LogP contribution is -1.91. The van der Waals surface area contributed by atoms with Gasteiger partial charge in [0.1, 0.15) is 11.2 Å². The first-order valence-corrected chi connectivity index (χ1v) is 12.1. The summed E-state index contributed by atoms with van der Waals surface area (Å²) < 4.78 is 0. The van der Waals surface area contributed by atoms with Gasteiger partial charge in [-0.3, -0.25) is 10.1 Å². The molecular formula is C27H24N6S. The van der Waals surface area contributed by atoms with E-state index in [1.165, 1.54) is 20.7 Å². The van der Waals surface area contributed by atoms with E-state index in [-0.39, 0.29) is 0 Å². The Morgan fingerprint density at radius 1 is 0.971 bits per heavy atom. The zero-order valence-electron chi connectivity index (χ0n) is 19.2. The molecule has 0 unspecified atom stereocenters. The maximum atomic E-state index is 4.95. The Hall–Kier alpha value is -3.97. The molecule has 0 spiro atoms. The van der Waals surface area contributed by atoms with Gasteiger partial charge in [-0.25, -0.2) is 4.98 Å². The quantitative estimate of drug-likeness (QED) is 0.255. The molecule has 0 aliphatic carbocycles. The zero-order chi connectivity index (χ0) is 23.2. The lowest BCUT2D eigenvalue weighted by Gasteiger charge is -2.04. The molecule has 6 aromatic rings. The van der Waals surface area contributed by atoms with Crippen LogP contribution in [0, 0.1) is 0 Å². The van der Waals surface area contributed by atoms with Gasteiger partial charge in [0.15, 0.2) is 0 Å². The molecule has 6 rings (SSSR count). The van der Waals surface area contributed by atoms with Gasteiger partial charge in [0.2, 0.25) is 0 Å². The van der Waals surface area contributed by atoms with Crippen LogP contribution in [0.1, 0.15) is 24.6 Å². The van der Waals surface area contributed by atoms with E-state index in [2.05, 4.69) is 75.7 Å². The monoisotopic (exact) mass is 464 g/mol. The normalized spacial score (nSPS) is 11.6. The number of hydrogen-bond acceptors (Lipinski definition) is 5. The van der Waals surface area contributed by atoms with Crippen molar-refractivity contribution in [2.24, 2.45) is 0 Å². The highest BCUT2D eigenvalue weighted by atomic mass is 32.1. The minimum atomic E-state index is 0.527. The highest BCUT2D eigenvalue weighted by Crippen LogP contribution is 2.38. The molecule has 0 bridgehead atoms. The first-order chi connectivity index (χ1) is 16.6. The number of anilines is 1. The summed E-state index contributed by atoms with van der Waals surface area (Å²) in [6.45, 7) is 4.47. The highest BCUT2D eigenvalue weighted by molar-refractivity contribution is 7.15. The van der Waals surface area contributed by atoms with Gasteiger partial charge in [0.25, 0.3) is 0 Å². The molecule has 0 atom stereocenters. The molecule has 1 aromatic carbocycles. The van der Waals surface area contributed by atoms with Crippen LogP contribution >= 0.6 is 11.3 Å². The van der Waals surface area contributed by atoms with Crippen molar-refractivity contribution in [1.29, 1.82) is 0 Å². The van der Waals surface area contributed by atoms with Crippen molar-refractivity contribution in [1.82, 2.24) is 25.1 Å². The van der Waals surface area contributed by atoms with E-state index in [0.29, 0.717) is 5.92 Å². The first kappa shape index (κ1) is 20.6. The fraction of sp³-hybridized carbons (Fsp3) is 0.148. The molecule has 0 radical (unpaired) electrons. The number of aromatic amines is 2.